The number of carbonyl (C=O) groups excluding carboxylic acids is 2. The zero-order chi connectivity index (χ0) is 22.8. The van der Waals surface area contributed by atoms with Crippen LogP contribution >= 0.6 is 0 Å². The molecule has 4 rings (SSSR count). The number of aromatic carboxylic acids is 2. The molecule has 164 valence electrons. The fourth-order valence-electron chi connectivity index (χ4n) is 2.86. The van der Waals surface area contributed by atoms with Crippen molar-refractivity contribution in [1.82, 2.24) is 0 Å². The van der Waals surface area contributed by atoms with Gasteiger partial charge in [0, 0.05) is 0 Å². The number of fused-ring (bicyclic) bond motifs is 11. The first kappa shape index (κ1) is 23.6. The molecular formula is C23H24O8. The van der Waals surface area contributed by atoms with Crippen LogP contribution in [0.5, 0.6) is 0 Å². The number of hydrogen-bond donors (Lipinski definition) is 2. The maximum Gasteiger partial charge on any atom is 0.338 e. The van der Waals surface area contributed by atoms with Crippen LogP contribution < -0.4 is 0 Å². The summed E-state index contributed by atoms with van der Waals surface area (Å²) in [6.07, 6.45) is 2.62. The summed E-state index contributed by atoms with van der Waals surface area (Å²) in [5.74, 6) is -2.69. The van der Waals surface area contributed by atoms with Crippen LogP contribution in [-0.4, -0.2) is 47.3 Å². The lowest BCUT2D eigenvalue weighted by molar-refractivity contribution is 0.0451. The average molecular weight is 428 g/mol. The zero-order valence-corrected chi connectivity index (χ0v) is 17.1. The zero-order valence-electron chi connectivity index (χ0n) is 17.1. The van der Waals surface area contributed by atoms with E-state index in [1.165, 1.54) is 24.3 Å². The van der Waals surface area contributed by atoms with E-state index in [9.17, 15) is 19.2 Å². The minimum absolute atomic E-state index is 0.190. The van der Waals surface area contributed by atoms with Crippen molar-refractivity contribution in [2.24, 2.45) is 5.92 Å². The van der Waals surface area contributed by atoms with Gasteiger partial charge in [0.1, 0.15) is 0 Å². The second kappa shape index (κ2) is 11.5. The van der Waals surface area contributed by atoms with E-state index in [2.05, 4.69) is 6.92 Å². The van der Waals surface area contributed by atoms with Crippen LogP contribution in [0.1, 0.15) is 67.6 Å². The molecule has 0 aliphatic carbocycles. The number of benzene rings is 2. The van der Waals surface area contributed by atoms with Crippen molar-refractivity contribution >= 4 is 23.9 Å². The maximum absolute atomic E-state index is 11.7. The normalized spacial score (nSPS) is 16.7. The number of esters is 2. The first-order valence-electron chi connectivity index (χ1n) is 9.79. The Morgan fingerprint density at radius 1 is 0.774 bits per heavy atom. The molecule has 2 aromatic rings. The van der Waals surface area contributed by atoms with Gasteiger partial charge < -0.3 is 19.7 Å². The van der Waals surface area contributed by atoms with Crippen LogP contribution in [0.4, 0.5) is 0 Å². The van der Waals surface area contributed by atoms with Crippen LogP contribution in [0.2, 0.25) is 0 Å². The molecule has 0 saturated carbocycles. The van der Waals surface area contributed by atoms with E-state index in [0.717, 1.165) is 19.3 Å². The standard InChI is InChI=1S/C15H18O4.C8H6O4/c1-11-3-2-9-18-14(16)12-4-6-13(7-5-12)15(17)19-10-8-11;9-7(10)5-3-1-2-4-6(5)8(11)12/h4-7,11H,2-3,8-10H2,1H3;1-4H,(H,9,10)(H,11,12). The van der Waals surface area contributed by atoms with Gasteiger partial charge in [0.2, 0.25) is 0 Å². The molecule has 2 aromatic carbocycles. The summed E-state index contributed by atoms with van der Waals surface area (Å²) < 4.78 is 10.4. The molecule has 2 N–H and O–H groups in total. The largest absolute Gasteiger partial charge is 0.478 e. The van der Waals surface area contributed by atoms with Crippen molar-refractivity contribution in [2.75, 3.05) is 13.2 Å². The number of carbonyl (C=O) groups is 4. The van der Waals surface area contributed by atoms with Crippen LogP contribution in [0, 0.1) is 5.92 Å². The third kappa shape index (κ3) is 7.26. The van der Waals surface area contributed by atoms with Gasteiger partial charge in [-0.2, -0.15) is 0 Å². The van der Waals surface area contributed by atoms with Crippen LogP contribution in [0.3, 0.4) is 0 Å². The molecular weight excluding hydrogens is 404 g/mol. The molecule has 1 unspecified atom stereocenters. The van der Waals surface area contributed by atoms with Crippen molar-refractivity contribution in [3.8, 4) is 0 Å². The van der Waals surface area contributed by atoms with Crippen LogP contribution in [0.15, 0.2) is 48.5 Å². The number of hydrogen-bond acceptors (Lipinski definition) is 6. The monoisotopic (exact) mass is 428 g/mol. The summed E-state index contributed by atoms with van der Waals surface area (Å²) in [4.78, 5) is 44.4. The molecule has 2 aliphatic rings. The Balaban J connectivity index is 0.000000245. The van der Waals surface area contributed by atoms with Gasteiger partial charge in [-0.05, 0) is 61.6 Å². The molecule has 2 bridgehead atoms. The molecule has 0 amide bonds. The lowest BCUT2D eigenvalue weighted by Gasteiger charge is -2.13. The molecule has 1 atom stereocenters. The third-order valence-electron chi connectivity index (χ3n) is 4.66. The maximum atomic E-state index is 11.7. The highest BCUT2D eigenvalue weighted by molar-refractivity contribution is 6.01. The fraction of sp³-hybridized carbons (Fsp3) is 0.304. The molecule has 2 heterocycles. The van der Waals surface area contributed by atoms with Crippen LogP contribution in [-0.2, 0) is 9.47 Å². The topological polar surface area (TPSA) is 127 Å². The summed E-state index contributed by atoms with van der Waals surface area (Å²) in [7, 11) is 0. The summed E-state index contributed by atoms with van der Waals surface area (Å²) in [6, 6.07) is 11.8. The Morgan fingerprint density at radius 2 is 1.23 bits per heavy atom. The molecule has 0 spiro atoms. The Morgan fingerprint density at radius 3 is 1.68 bits per heavy atom. The van der Waals surface area contributed by atoms with E-state index < -0.39 is 11.9 Å². The summed E-state index contributed by atoms with van der Waals surface area (Å²) in [5, 5.41) is 17.1. The first-order chi connectivity index (χ1) is 14.8. The van der Waals surface area contributed by atoms with Gasteiger partial charge in [0.15, 0.2) is 0 Å². The van der Waals surface area contributed by atoms with Gasteiger partial charge in [0.05, 0.1) is 35.5 Å². The lowest BCUT2D eigenvalue weighted by Crippen LogP contribution is -2.12. The van der Waals surface area contributed by atoms with Crippen molar-refractivity contribution in [3.05, 3.63) is 70.8 Å². The Bertz CT molecular complexity index is 900. The van der Waals surface area contributed by atoms with E-state index in [-0.39, 0.29) is 23.1 Å². The first-order valence-corrected chi connectivity index (χ1v) is 9.79. The quantitative estimate of drug-likeness (QED) is 0.690. The third-order valence-corrected chi connectivity index (χ3v) is 4.66. The average Bonchev–Trinajstić information content (AvgIpc) is 2.76. The van der Waals surface area contributed by atoms with Gasteiger partial charge in [-0.25, -0.2) is 19.2 Å². The number of carboxylic acid groups (broad SMARTS) is 2. The molecule has 31 heavy (non-hydrogen) atoms. The van der Waals surface area contributed by atoms with Crippen molar-refractivity contribution in [1.29, 1.82) is 0 Å². The number of carboxylic acids is 2. The number of rotatable bonds is 2. The molecule has 8 nitrogen and oxygen atoms in total. The Hall–Kier alpha value is -3.68. The smallest absolute Gasteiger partial charge is 0.338 e. The summed E-state index contributed by atoms with van der Waals surface area (Å²) >= 11 is 0. The molecule has 0 radical (unpaired) electrons. The summed E-state index contributed by atoms with van der Waals surface area (Å²) in [5.41, 5.74) is 0.540. The highest BCUT2D eigenvalue weighted by atomic mass is 16.5. The van der Waals surface area contributed by atoms with Crippen LogP contribution in [0.25, 0.3) is 0 Å². The molecule has 2 aliphatic heterocycles. The SMILES string of the molecule is CC1CCCOC(=O)c2ccc(cc2)C(=O)OCC1.O=C(O)c1ccccc1C(=O)O. The minimum Gasteiger partial charge on any atom is -0.478 e. The van der Waals surface area contributed by atoms with Gasteiger partial charge in [-0.15, -0.1) is 0 Å². The molecule has 0 aromatic heterocycles. The van der Waals surface area contributed by atoms with Crippen molar-refractivity contribution in [2.45, 2.75) is 26.2 Å². The van der Waals surface area contributed by atoms with Gasteiger partial charge in [-0.3, -0.25) is 0 Å². The highest BCUT2D eigenvalue weighted by Crippen LogP contribution is 2.14. The van der Waals surface area contributed by atoms with E-state index in [1.54, 1.807) is 24.3 Å². The highest BCUT2D eigenvalue weighted by Gasteiger charge is 2.14. The Kier molecular flexibility index (Phi) is 8.75. The van der Waals surface area contributed by atoms with E-state index >= 15 is 0 Å². The minimum atomic E-state index is -1.23. The molecule has 0 fully saturated rings. The lowest BCUT2D eigenvalue weighted by atomic mass is 10.0. The van der Waals surface area contributed by atoms with E-state index in [1.807, 2.05) is 0 Å². The molecule has 0 saturated heterocycles. The van der Waals surface area contributed by atoms with Gasteiger partial charge in [-0.1, -0.05) is 19.1 Å². The Labute approximate surface area is 179 Å². The number of ether oxygens (including phenoxy) is 2. The van der Waals surface area contributed by atoms with E-state index in [0.29, 0.717) is 30.3 Å². The van der Waals surface area contributed by atoms with Crippen molar-refractivity contribution in [3.63, 3.8) is 0 Å². The van der Waals surface area contributed by atoms with Gasteiger partial charge >= 0.3 is 23.9 Å². The van der Waals surface area contributed by atoms with Crippen molar-refractivity contribution < 1.29 is 38.9 Å². The predicted octanol–water partition coefficient (Wildman–Crippen LogP) is 3.90. The summed E-state index contributed by atoms with van der Waals surface area (Å²) in [6.45, 7) is 2.97. The second-order valence-corrected chi connectivity index (χ2v) is 7.04. The fourth-order valence-corrected chi connectivity index (χ4v) is 2.86. The predicted molar refractivity (Wildman–Crippen MR) is 110 cm³/mol. The second-order valence-electron chi connectivity index (χ2n) is 7.04. The van der Waals surface area contributed by atoms with Gasteiger partial charge in [0.25, 0.3) is 0 Å². The molecule has 8 heteroatoms. The van der Waals surface area contributed by atoms with E-state index in [4.69, 9.17) is 19.7 Å².